The van der Waals surface area contributed by atoms with Gasteiger partial charge in [-0.05, 0) is 17.7 Å². The minimum atomic E-state index is -0.504. The summed E-state index contributed by atoms with van der Waals surface area (Å²) in [6, 6.07) is 6.08. The molecule has 0 aliphatic carbocycles. The van der Waals surface area contributed by atoms with Gasteiger partial charge in [-0.1, -0.05) is 6.07 Å². The number of rotatable bonds is 1. The molecule has 0 amide bonds. The molecular weight excluding hydrogens is 143 g/mol. The van der Waals surface area contributed by atoms with E-state index in [-0.39, 0.29) is 5.56 Å². The fourth-order valence-corrected chi connectivity index (χ4v) is 0.776. The van der Waals surface area contributed by atoms with E-state index in [1.165, 1.54) is 12.1 Å². The molecule has 56 valence electrons. The van der Waals surface area contributed by atoms with Crippen molar-refractivity contribution in [1.82, 2.24) is 0 Å². The van der Waals surface area contributed by atoms with E-state index >= 15 is 0 Å². The van der Waals surface area contributed by atoms with E-state index in [0.29, 0.717) is 12.1 Å². The summed E-state index contributed by atoms with van der Waals surface area (Å²) < 4.78 is 12.8. The van der Waals surface area contributed by atoms with Crippen LogP contribution in [0.5, 0.6) is 0 Å². The van der Waals surface area contributed by atoms with Crippen LogP contribution < -0.4 is 5.73 Å². The second kappa shape index (κ2) is 3.13. The van der Waals surface area contributed by atoms with Gasteiger partial charge in [-0.3, -0.25) is 0 Å². The van der Waals surface area contributed by atoms with Crippen LogP contribution in [0.3, 0.4) is 0 Å². The summed E-state index contributed by atoms with van der Waals surface area (Å²) in [5.41, 5.74) is 6.01. The Bertz CT molecular complexity index is 301. The van der Waals surface area contributed by atoms with Crippen molar-refractivity contribution < 1.29 is 4.39 Å². The Morgan fingerprint density at radius 1 is 1.55 bits per heavy atom. The van der Waals surface area contributed by atoms with Gasteiger partial charge in [0.15, 0.2) is 0 Å². The Labute approximate surface area is 64.1 Å². The lowest BCUT2D eigenvalue weighted by Gasteiger charge is -1.96. The van der Waals surface area contributed by atoms with Crippen molar-refractivity contribution in [3.8, 4) is 6.07 Å². The fraction of sp³-hybridized carbons (Fsp3) is 0.125. The first kappa shape index (κ1) is 7.70. The van der Waals surface area contributed by atoms with Gasteiger partial charge >= 0.3 is 0 Å². The molecule has 11 heavy (non-hydrogen) atoms. The highest BCUT2D eigenvalue weighted by molar-refractivity contribution is 5.33. The molecule has 1 aromatic carbocycles. The van der Waals surface area contributed by atoms with Crippen LogP contribution in [0.15, 0.2) is 18.2 Å². The van der Waals surface area contributed by atoms with Crippen molar-refractivity contribution in [3.63, 3.8) is 0 Å². The minimum absolute atomic E-state index is 0.0576. The standard InChI is InChI=1S/C8H7FN2/c9-8-3-6(4-10)1-2-7(8)5-11/h1-3H,4,10H2. The van der Waals surface area contributed by atoms with E-state index in [9.17, 15) is 4.39 Å². The number of benzene rings is 1. The molecule has 0 atom stereocenters. The summed E-state index contributed by atoms with van der Waals surface area (Å²) in [6.07, 6.45) is 0. The molecule has 0 spiro atoms. The van der Waals surface area contributed by atoms with Crippen LogP contribution in [0.25, 0.3) is 0 Å². The monoisotopic (exact) mass is 150 g/mol. The predicted molar refractivity (Wildman–Crippen MR) is 39.0 cm³/mol. The smallest absolute Gasteiger partial charge is 0.141 e. The third-order valence-electron chi connectivity index (χ3n) is 1.39. The highest BCUT2D eigenvalue weighted by Gasteiger charge is 2.00. The van der Waals surface area contributed by atoms with Crippen molar-refractivity contribution in [2.75, 3.05) is 0 Å². The Morgan fingerprint density at radius 3 is 2.73 bits per heavy atom. The number of nitrogens with zero attached hydrogens (tertiary/aromatic N) is 1. The van der Waals surface area contributed by atoms with Gasteiger partial charge in [0.2, 0.25) is 0 Å². The van der Waals surface area contributed by atoms with Crippen LogP contribution in [-0.2, 0) is 6.54 Å². The van der Waals surface area contributed by atoms with Crippen LogP contribution in [0.1, 0.15) is 11.1 Å². The van der Waals surface area contributed by atoms with Gasteiger partial charge < -0.3 is 5.73 Å². The van der Waals surface area contributed by atoms with Gasteiger partial charge in [-0.2, -0.15) is 5.26 Å². The Morgan fingerprint density at radius 2 is 2.27 bits per heavy atom. The Hall–Kier alpha value is -1.40. The highest BCUT2D eigenvalue weighted by Crippen LogP contribution is 2.08. The van der Waals surface area contributed by atoms with E-state index in [0.717, 1.165) is 0 Å². The lowest BCUT2D eigenvalue weighted by molar-refractivity contribution is 0.621. The van der Waals surface area contributed by atoms with E-state index < -0.39 is 5.82 Å². The molecule has 0 unspecified atom stereocenters. The van der Waals surface area contributed by atoms with Crippen molar-refractivity contribution >= 4 is 0 Å². The maximum Gasteiger partial charge on any atom is 0.141 e. The van der Waals surface area contributed by atoms with E-state index in [4.69, 9.17) is 11.0 Å². The Kier molecular flexibility index (Phi) is 2.19. The SMILES string of the molecule is N#Cc1ccc(CN)cc1F. The van der Waals surface area contributed by atoms with Crippen LogP contribution in [0.4, 0.5) is 4.39 Å². The zero-order chi connectivity index (χ0) is 8.27. The van der Waals surface area contributed by atoms with Crippen LogP contribution in [0, 0.1) is 17.1 Å². The number of hydrogen-bond acceptors (Lipinski definition) is 2. The molecule has 0 saturated heterocycles. The second-order valence-corrected chi connectivity index (χ2v) is 2.13. The van der Waals surface area contributed by atoms with E-state index in [1.54, 1.807) is 12.1 Å². The molecule has 0 bridgehead atoms. The maximum atomic E-state index is 12.8. The maximum absolute atomic E-state index is 12.8. The van der Waals surface area contributed by atoms with Gasteiger partial charge in [0, 0.05) is 6.54 Å². The molecule has 0 heterocycles. The molecule has 1 aromatic rings. The third kappa shape index (κ3) is 1.54. The van der Waals surface area contributed by atoms with Crippen molar-refractivity contribution in [2.24, 2.45) is 5.73 Å². The molecule has 0 aliphatic rings. The number of nitriles is 1. The summed E-state index contributed by atoms with van der Waals surface area (Å²) in [5.74, 6) is -0.504. The average molecular weight is 150 g/mol. The zero-order valence-electron chi connectivity index (χ0n) is 5.84. The largest absolute Gasteiger partial charge is 0.326 e. The molecule has 2 N–H and O–H groups in total. The molecule has 1 rings (SSSR count). The summed E-state index contributed by atoms with van der Waals surface area (Å²) in [6.45, 7) is 0.294. The lowest BCUT2D eigenvalue weighted by atomic mass is 10.1. The van der Waals surface area contributed by atoms with Crippen LogP contribution in [-0.4, -0.2) is 0 Å². The first-order valence-electron chi connectivity index (χ1n) is 3.16. The predicted octanol–water partition coefficient (Wildman–Crippen LogP) is 1.16. The highest BCUT2D eigenvalue weighted by atomic mass is 19.1. The zero-order valence-corrected chi connectivity index (χ0v) is 5.84. The molecule has 0 fully saturated rings. The topological polar surface area (TPSA) is 49.8 Å². The first-order valence-corrected chi connectivity index (χ1v) is 3.16. The van der Waals surface area contributed by atoms with Crippen molar-refractivity contribution in [1.29, 1.82) is 5.26 Å². The summed E-state index contributed by atoms with van der Waals surface area (Å²) in [7, 11) is 0. The quantitative estimate of drug-likeness (QED) is 0.653. The molecule has 3 heteroatoms. The van der Waals surface area contributed by atoms with Crippen molar-refractivity contribution in [3.05, 3.63) is 35.1 Å². The summed E-state index contributed by atoms with van der Waals surface area (Å²) >= 11 is 0. The van der Waals surface area contributed by atoms with E-state index in [2.05, 4.69) is 0 Å². The molecule has 0 saturated carbocycles. The first-order chi connectivity index (χ1) is 5.27. The van der Waals surface area contributed by atoms with Gasteiger partial charge in [0.05, 0.1) is 5.56 Å². The molecule has 0 aromatic heterocycles. The fourth-order valence-electron chi connectivity index (χ4n) is 0.776. The number of halogens is 1. The number of nitrogens with two attached hydrogens (primary N) is 1. The van der Waals surface area contributed by atoms with Gasteiger partial charge in [-0.15, -0.1) is 0 Å². The van der Waals surface area contributed by atoms with E-state index in [1.807, 2.05) is 0 Å². The van der Waals surface area contributed by atoms with Crippen LogP contribution >= 0.6 is 0 Å². The van der Waals surface area contributed by atoms with Gasteiger partial charge in [0.25, 0.3) is 0 Å². The summed E-state index contributed by atoms with van der Waals surface area (Å²) in [5, 5.41) is 8.36. The van der Waals surface area contributed by atoms with Crippen molar-refractivity contribution in [2.45, 2.75) is 6.54 Å². The summed E-state index contributed by atoms with van der Waals surface area (Å²) in [4.78, 5) is 0. The molecular formula is C8H7FN2. The number of hydrogen-bond donors (Lipinski definition) is 1. The minimum Gasteiger partial charge on any atom is -0.326 e. The third-order valence-corrected chi connectivity index (χ3v) is 1.39. The molecule has 2 nitrogen and oxygen atoms in total. The van der Waals surface area contributed by atoms with Gasteiger partial charge in [-0.25, -0.2) is 4.39 Å². The lowest BCUT2D eigenvalue weighted by Crippen LogP contribution is -1.97. The normalized spacial score (nSPS) is 9.18. The second-order valence-electron chi connectivity index (χ2n) is 2.13. The van der Waals surface area contributed by atoms with Crippen LogP contribution in [0.2, 0.25) is 0 Å². The molecule has 0 radical (unpaired) electrons. The van der Waals surface area contributed by atoms with Gasteiger partial charge in [0.1, 0.15) is 11.9 Å². The molecule has 0 aliphatic heterocycles. The average Bonchev–Trinajstić information content (AvgIpc) is 2.04. The Balaban J connectivity index is 3.12.